The largest absolute Gasteiger partial charge is 0.492 e. The van der Waals surface area contributed by atoms with Crippen molar-refractivity contribution in [2.45, 2.75) is 6.42 Å². The van der Waals surface area contributed by atoms with Crippen molar-refractivity contribution >= 4 is 5.82 Å². The minimum absolute atomic E-state index is 0.493. The first-order chi connectivity index (χ1) is 9.31. The number of hydrogen-bond acceptors (Lipinski definition) is 5. The van der Waals surface area contributed by atoms with Crippen molar-refractivity contribution < 1.29 is 14.2 Å². The zero-order valence-corrected chi connectivity index (χ0v) is 10.6. The van der Waals surface area contributed by atoms with Gasteiger partial charge in [-0.1, -0.05) is 0 Å². The van der Waals surface area contributed by atoms with Crippen molar-refractivity contribution in [1.29, 1.82) is 0 Å². The van der Waals surface area contributed by atoms with Crippen molar-refractivity contribution in [2.24, 2.45) is 0 Å². The van der Waals surface area contributed by atoms with E-state index in [9.17, 15) is 0 Å². The lowest BCUT2D eigenvalue weighted by Gasteiger charge is -2.15. The standard InChI is InChI=1S/C13H15N3O3/c1-17-11-8(9-7-15-16-13(9)14)3-4-10-12(11)19-6-2-5-18-10/h3-4,7H,2,5-6H2,1H3,(H3,14,15,16). The molecule has 0 fully saturated rings. The summed E-state index contributed by atoms with van der Waals surface area (Å²) in [5, 5.41) is 6.64. The maximum Gasteiger partial charge on any atom is 0.204 e. The van der Waals surface area contributed by atoms with E-state index in [4.69, 9.17) is 19.9 Å². The van der Waals surface area contributed by atoms with Gasteiger partial charge in [-0.05, 0) is 12.1 Å². The zero-order chi connectivity index (χ0) is 13.2. The first-order valence-corrected chi connectivity index (χ1v) is 6.07. The van der Waals surface area contributed by atoms with Crippen molar-refractivity contribution in [3.05, 3.63) is 18.3 Å². The second-order valence-electron chi connectivity index (χ2n) is 4.22. The maximum atomic E-state index is 5.86. The highest BCUT2D eigenvalue weighted by atomic mass is 16.5. The number of fused-ring (bicyclic) bond motifs is 1. The Hall–Kier alpha value is -2.37. The predicted octanol–water partition coefficient (Wildman–Crippen LogP) is 1.83. The van der Waals surface area contributed by atoms with Gasteiger partial charge in [0.1, 0.15) is 5.82 Å². The molecular weight excluding hydrogens is 246 g/mol. The fourth-order valence-electron chi connectivity index (χ4n) is 2.14. The molecule has 1 aliphatic rings. The molecule has 0 saturated carbocycles. The third kappa shape index (κ3) is 1.95. The maximum absolute atomic E-state index is 5.86. The van der Waals surface area contributed by atoms with E-state index in [-0.39, 0.29) is 0 Å². The number of rotatable bonds is 2. The lowest BCUT2D eigenvalue weighted by Crippen LogP contribution is -1.99. The number of benzene rings is 1. The van der Waals surface area contributed by atoms with Gasteiger partial charge in [0.2, 0.25) is 5.75 Å². The van der Waals surface area contributed by atoms with E-state index in [2.05, 4.69) is 10.2 Å². The average Bonchev–Trinajstić information content (AvgIpc) is 2.71. The van der Waals surface area contributed by atoms with Crippen LogP contribution in [0.3, 0.4) is 0 Å². The highest BCUT2D eigenvalue weighted by molar-refractivity contribution is 5.81. The summed E-state index contributed by atoms with van der Waals surface area (Å²) in [5.41, 5.74) is 7.47. The number of ether oxygens (including phenoxy) is 3. The van der Waals surface area contributed by atoms with Gasteiger partial charge in [-0.2, -0.15) is 5.10 Å². The normalized spacial score (nSPS) is 13.9. The molecule has 0 radical (unpaired) electrons. The summed E-state index contributed by atoms with van der Waals surface area (Å²) in [6.07, 6.45) is 2.51. The topological polar surface area (TPSA) is 82.4 Å². The molecule has 3 rings (SSSR count). The highest BCUT2D eigenvalue weighted by Crippen LogP contribution is 2.46. The number of H-pyrrole nitrogens is 1. The minimum atomic E-state index is 0.493. The number of hydrogen-bond donors (Lipinski definition) is 2. The number of aromatic amines is 1. The van der Waals surface area contributed by atoms with Gasteiger partial charge in [0, 0.05) is 17.5 Å². The van der Waals surface area contributed by atoms with Crippen LogP contribution >= 0.6 is 0 Å². The van der Waals surface area contributed by atoms with Crippen molar-refractivity contribution in [1.82, 2.24) is 10.2 Å². The second kappa shape index (κ2) is 4.72. The summed E-state index contributed by atoms with van der Waals surface area (Å²) in [5.74, 6) is 2.43. The molecule has 0 spiro atoms. The molecule has 0 bridgehead atoms. The summed E-state index contributed by atoms with van der Waals surface area (Å²) >= 11 is 0. The predicted molar refractivity (Wildman–Crippen MR) is 70.6 cm³/mol. The lowest BCUT2D eigenvalue weighted by atomic mass is 10.1. The Bertz CT molecular complexity index is 595. The molecule has 2 heterocycles. The molecule has 3 N–H and O–H groups in total. The summed E-state index contributed by atoms with van der Waals surface area (Å²) in [7, 11) is 1.60. The first-order valence-electron chi connectivity index (χ1n) is 6.07. The lowest BCUT2D eigenvalue weighted by molar-refractivity contribution is 0.289. The van der Waals surface area contributed by atoms with Crippen LogP contribution in [-0.2, 0) is 0 Å². The van der Waals surface area contributed by atoms with Crippen LogP contribution in [0.15, 0.2) is 18.3 Å². The van der Waals surface area contributed by atoms with Crippen molar-refractivity contribution in [3.63, 3.8) is 0 Å². The molecular formula is C13H15N3O3. The van der Waals surface area contributed by atoms with Crippen molar-refractivity contribution in [3.8, 4) is 28.4 Å². The van der Waals surface area contributed by atoms with Gasteiger partial charge in [0.25, 0.3) is 0 Å². The van der Waals surface area contributed by atoms with Gasteiger partial charge in [-0.3, -0.25) is 5.10 Å². The van der Waals surface area contributed by atoms with Crippen LogP contribution in [0.2, 0.25) is 0 Å². The van der Waals surface area contributed by atoms with E-state index >= 15 is 0 Å². The molecule has 0 unspecified atom stereocenters. The summed E-state index contributed by atoms with van der Waals surface area (Å²) in [6, 6.07) is 3.76. The Morgan fingerprint density at radius 3 is 2.84 bits per heavy atom. The zero-order valence-electron chi connectivity index (χ0n) is 10.6. The summed E-state index contributed by atoms with van der Waals surface area (Å²) in [6.45, 7) is 1.25. The molecule has 1 aromatic carbocycles. The number of methoxy groups -OCH3 is 1. The Kier molecular flexibility index (Phi) is 2.91. The fourth-order valence-corrected chi connectivity index (χ4v) is 2.14. The minimum Gasteiger partial charge on any atom is -0.492 e. The van der Waals surface area contributed by atoms with Crippen LogP contribution < -0.4 is 19.9 Å². The van der Waals surface area contributed by atoms with Crippen LogP contribution in [0.5, 0.6) is 17.2 Å². The van der Waals surface area contributed by atoms with Crippen LogP contribution in [0, 0.1) is 0 Å². The number of nitrogens with two attached hydrogens (primary N) is 1. The molecule has 0 atom stereocenters. The van der Waals surface area contributed by atoms with E-state index in [0.29, 0.717) is 36.3 Å². The molecule has 1 aromatic heterocycles. The van der Waals surface area contributed by atoms with Crippen molar-refractivity contribution in [2.75, 3.05) is 26.1 Å². The van der Waals surface area contributed by atoms with Crippen LogP contribution in [-0.4, -0.2) is 30.5 Å². The third-order valence-electron chi connectivity index (χ3n) is 3.03. The van der Waals surface area contributed by atoms with Crippen LogP contribution in [0.1, 0.15) is 6.42 Å². The van der Waals surface area contributed by atoms with E-state index in [0.717, 1.165) is 17.5 Å². The number of nitrogen functional groups attached to an aromatic ring is 1. The molecule has 0 saturated heterocycles. The SMILES string of the molecule is COc1c(-c2cn[nH]c2N)ccc2c1OCCCO2. The molecule has 2 aromatic rings. The van der Waals surface area contributed by atoms with E-state index in [1.165, 1.54) is 0 Å². The van der Waals surface area contributed by atoms with Crippen LogP contribution in [0.25, 0.3) is 11.1 Å². The molecule has 1 aliphatic heterocycles. The molecule has 0 amide bonds. The van der Waals surface area contributed by atoms with Gasteiger partial charge < -0.3 is 19.9 Å². The summed E-state index contributed by atoms with van der Waals surface area (Å²) < 4.78 is 16.8. The number of nitrogens with zero attached hydrogens (tertiary/aromatic N) is 1. The molecule has 6 nitrogen and oxygen atoms in total. The van der Waals surface area contributed by atoms with Gasteiger partial charge >= 0.3 is 0 Å². The number of nitrogens with one attached hydrogen (secondary N) is 1. The third-order valence-corrected chi connectivity index (χ3v) is 3.03. The van der Waals surface area contributed by atoms with Gasteiger partial charge in [0.05, 0.1) is 26.5 Å². The number of anilines is 1. The molecule has 19 heavy (non-hydrogen) atoms. The first kappa shape index (κ1) is 11.7. The number of aromatic nitrogens is 2. The Balaban J connectivity index is 2.16. The van der Waals surface area contributed by atoms with E-state index < -0.39 is 0 Å². The van der Waals surface area contributed by atoms with Gasteiger partial charge in [0.15, 0.2) is 11.5 Å². The Morgan fingerprint density at radius 1 is 1.26 bits per heavy atom. The highest BCUT2D eigenvalue weighted by Gasteiger charge is 2.21. The molecule has 100 valence electrons. The van der Waals surface area contributed by atoms with Gasteiger partial charge in [-0.25, -0.2) is 0 Å². The fraction of sp³-hybridized carbons (Fsp3) is 0.308. The Morgan fingerprint density at radius 2 is 2.11 bits per heavy atom. The summed E-state index contributed by atoms with van der Waals surface area (Å²) in [4.78, 5) is 0. The second-order valence-corrected chi connectivity index (χ2v) is 4.22. The van der Waals surface area contributed by atoms with E-state index in [1.54, 1.807) is 13.3 Å². The molecule has 6 heteroatoms. The quantitative estimate of drug-likeness (QED) is 0.861. The van der Waals surface area contributed by atoms with Gasteiger partial charge in [-0.15, -0.1) is 0 Å². The van der Waals surface area contributed by atoms with E-state index in [1.807, 2.05) is 12.1 Å². The Labute approximate surface area is 110 Å². The smallest absolute Gasteiger partial charge is 0.204 e. The average molecular weight is 261 g/mol. The monoisotopic (exact) mass is 261 g/mol. The molecule has 0 aliphatic carbocycles. The van der Waals surface area contributed by atoms with Crippen LogP contribution in [0.4, 0.5) is 5.82 Å².